The highest BCUT2D eigenvalue weighted by Crippen LogP contribution is 2.38. The molecular weight excluding hydrogens is 412 g/mol. The number of benzene rings is 2. The highest BCUT2D eigenvalue weighted by atomic mass is 35.5. The van der Waals surface area contributed by atoms with Gasteiger partial charge in [-0.05, 0) is 30.7 Å². The minimum absolute atomic E-state index is 0.121. The summed E-state index contributed by atoms with van der Waals surface area (Å²) < 4.78 is 5.12. The fourth-order valence-electron chi connectivity index (χ4n) is 2.88. The molecule has 1 aliphatic heterocycles. The molecule has 0 aromatic heterocycles. The second-order valence-electron chi connectivity index (χ2n) is 6.69. The van der Waals surface area contributed by atoms with Crippen molar-refractivity contribution in [1.82, 2.24) is 4.90 Å². The molecular formula is C21H21ClN2O4S. The third-order valence-corrected chi connectivity index (χ3v) is 6.24. The Balaban J connectivity index is 1.51. The van der Waals surface area contributed by atoms with Crippen LogP contribution in [0.3, 0.4) is 0 Å². The van der Waals surface area contributed by atoms with Crippen molar-refractivity contribution in [3.63, 3.8) is 0 Å². The lowest BCUT2D eigenvalue weighted by atomic mass is 10.1. The van der Waals surface area contributed by atoms with Gasteiger partial charge >= 0.3 is 5.97 Å². The zero-order valence-corrected chi connectivity index (χ0v) is 17.6. The number of likely N-dealkylation sites (N-methyl/N-ethyl adjacent to an activating group) is 1. The van der Waals surface area contributed by atoms with E-state index in [4.69, 9.17) is 16.3 Å². The Kier molecular flexibility index (Phi) is 6.82. The largest absolute Gasteiger partial charge is 0.456 e. The maximum atomic E-state index is 12.4. The summed E-state index contributed by atoms with van der Waals surface area (Å²) in [6.45, 7) is 1.54. The number of nitrogens with zero attached hydrogens (tertiary/aromatic N) is 1. The Labute approximate surface area is 178 Å². The van der Waals surface area contributed by atoms with Crippen LogP contribution < -0.4 is 5.32 Å². The number of nitrogens with one attached hydrogen (secondary N) is 1. The normalized spacial score (nSPS) is 16.4. The molecule has 2 atom stereocenters. The molecule has 152 valence electrons. The van der Waals surface area contributed by atoms with E-state index in [1.807, 2.05) is 37.3 Å². The van der Waals surface area contributed by atoms with E-state index in [1.54, 1.807) is 25.2 Å². The van der Waals surface area contributed by atoms with Gasteiger partial charge < -0.3 is 15.0 Å². The van der Waals surface area contributed by atoms with Crippen molar-refractivity contribution >= 4 is 46.8 Å². The number of anilines is 1. The summed E-state index contributed by atoms with van der Waals surface area (Å²) in [4.78, 5) is 39.2. The Morgan fingerprint density at radius 3 is 2.69 bits per heavy atom. The highest BCUT2D eigenvalue weighted by Gasteiger charge is 2.30. The minimum Gasteiger partial charge on any atom is -0.456 e. The molecule has 0 spiro atoms. The van der Waals surface area contributed by atoms with Crippen LogP contribution in [0, 0.1) is 0 Å². The number of esters is 1. The summed E-state index contributed by atoms with van der Waals surface area (Å²) in [5.41, 5.74) is 1.62. The van der Waals surface area contributed by atoms with Crippen molar-refractivity contribution in [1.29, 1.82) is 0 Å². The third kappa shape index (κ3) is 5.31. The second kappa shape index (κ2) is 9.33. The van der Waals surface area contributed by atoms with Crippen LogP contribution in [0.1, 0.15) is 24.9 Å². The van der Waals surface area contributed by atoms with Crippen molar-refractivity contribution in [2.45, 2.75) is 29.5 Å². The van der Waals surface area contributed by atoms with Crippen molar-refractivity contribution in [2.24, 2.45) is 0 Å². The molecule has 0 fully saturated rings. The Morgan fingerprint density at radius 1 is 1.24 bits per heavy atom. The van der Waals surface area contributed by atoms with Crippen LogP contribution >= 0.6 is 23.4 Å². The number of carbonyl (C=O) groups is 3. The number of thioether (sulfide) groups is 1. The molecule has 1 heterocycles. The van der Waals surface area contributed by atoms with Gasteiger partial charge in [-0.15, -0.1) is 11.8 Å². The summed E-state index contributed by atoms with van der Waals surface area (Å²) in [5, 5.41) is 2.65. The van der Waals surface area contributed by atoms with Crippen LogP contribution in [0.4, 0.5) is 5.69 Å². The van der Waals surface area contributed by atoms with Crippen LogP contribution in [0.25, 0.3) is 0 Å². The first-order chi connectivity index (χ1) is 13.8. The van der Waals surface area contributed by atoms with Gasteiger partial charge in [0.1, 0.15) is 0 Å². The van der Waals surface area contributed by atoms with E-state index >= 15 is 0 Å². The third-order valence-electron chi connectivity index (χ3n) is 4.73. The van der Waals surface area contributed by atoms with Crippen molar-refractivity contribution < 1.29 is 19.1 Å². The smallest absolute Gasteiger partial charge is 0.307 e. The molecule has 0 aliphatic carbocycles. The zero-order chi connectivity index (χ0) is 21.0. The lowest BCUT2D eigenvalue weighted by molar-refractivity contribution is -0.152. The molecule has 6 nitrogen and oxygen atoms in total. The zero-order valence-electron chi connectivity index (χ0n) is 16.1. The van der Waals surface area contributed by atoms with Gasteiger partial charge in [-0.25, -0.2) is 0 Å². The molecule has 1 aliphatic rings. The number of carbonyl (C=O) groups excluding carboxylic acids is 3. The molecule has 8 heteroatoms. The van der Waals surface area contributed by atoms with Gasteiger partial charge in [0.2, 0.25) is 5.91 Å². The maximum absolute atomic E-state index is 12.4. The standard InChI is InChI=1S/C21H21ClN2O4S/c1-13(14-6-4-3-5-7-14)24(2)19(25)12-28-20(26)11-18-21(27)23-16-10-15(22)8-9-17(16)29-18/h3-10,13,18H,11-12H2,1-2H3,(H,23,27). The average molecular weight is 433 g/mol. The van der Waals surface area contributed by atoms with Crippen LogP contribution in [0.15, 0.2) is 53.4 Å². The number of rotatable bonds is 6. The number of hydrogen-bond acceptors (Lipinski definition) is 5. The lowest BCUT2D eigenvalue weighted by Crippen LogP contribution is -2.35. The minimum atomic E-state index is -0.618. The summed E-state index contributed by atoms with van der Waals surface area (Å²) in [6, 6.07) is 14.6. The van der Waals surface area contributed by atoms with Gasteiger partial charge in [-0.2, -0.15) is 0 Å². The predicted octanol–water partition coefficient (Wildman–Crippen LogP) is 3.91. The van der Waals surface area contributed by atoms with E-state index in [1.165, 1.54) is 16.7 Å². The van der Waals surface area contributed by atoms with Crippen LogP contribution in [-0.2, 0) is 19.1 Å². The first kappa shape index (κ1) is 21.2. The highest BCUT2D eigenvalue weighted by molar-refractivity contribution is 8.01. The van der Waals surface area contributed by atoms with Gasteiger partial charge in [0.15, 0.2) is 6.61 Å². The predicted molar refractivity (Wildman–Crippen MR) is 113 cm³/mol. The number of halogens is 1. The molecule has 2 unspecified atom stereocenters. The summed E-state index contributed by atoms with van der Waals surface area (Å²) in [6.07, 6.45) is -0.121. The molecule has 2 aromatic carbocycles. The summed E-state index contributed by atoms with van der Waals surface area (Å²) in [7, 11) is 1.67. The van der Waals surface area contributed by atoms with E-state index in [-0.39, 0.29) is 30.9 Å². The molecule has 3 rings (SSSR count). The van der Waals surface area contributed by atoms with E-state index in [0.717, 1.165) is 10.5 Å². The molecule has 2 aromatic rings. The maximum Gasteiger partial charge on any atom is 0.307 e. The average Bonchev–Trinajstić information content (AvgIpc) is 2.72. The Bertz CT molecular complexity index is 922. The van der Waals surface area contributed by atoms with Crippen molar-refractivity contribution in [3.8, 4) is 0 Å². The molecule has 0 bridgehead atoms. The van der Waals surface area contributed by atoms with Crippen molar-refractivity contribution in [3.05, 3.63) is 59.1 Å². The van der Waals surface area contributed by atoms with Crippen molar-refractivity contribution in [2.75, 3.05) is 19.0 Å². The number of ether oxygens (including phenoxy) is 1. The molecule has 0 radical (unpaired) electrons. The number of fused-ring (bicyclic) bond motifs is 1. The first-order valence-electron chi connectivity index (χ1n) is 9.08. The quantitative estimate of drug-likeness (QED) is 0.700. The summed E-state index contributed by atoms with van der Waals surface area (Å²) >= 11 is 7.21. The Morgan fingerprint density at radius 2 is 1.97 bits per heavy atom. The molecule has 0 saturated heterocycles. The van der Waals surface area contributed by atoms with Gasteiger partial charge in [-0.3, -0.25) is 14.4 Å². The van der Waals surface area contributed by atoms with Crippen LogP contribution in [0.5, 0.6) is 0 Å². The first-order valence-corrected chi connectivity index (χ1v) is 10.3. The molecule has 29 heavy (non-hydrogen) atoms. The SMILES string of the molecule is CC(c1ccccc1)N(C)C(=O)COC(=O)CC1Sc2ccc(Cl)cc2NC1=O. The fraction of sp³-hybridized carbons (Fsp3) is 0.286. The second-order valence-corrected chi connectivity index (χ2v) is 8.37. The lowest BCUT2D eigenvalue weighted by Gasteiger charge is -2.26. The topological polar surface area (TPSA) is 75.7 Å². The van der Waals surface area contributed by atoms with E-state index < -0.39 is 11.2 Å². The number of hydrogen-bond donors (Lipinski definition) is 1. The molecule has 0 saturated carbocycles. The summed E-state index contributed by atoms with van der Waals surface area (Å²) in [5.74, 6) is -1.19. The monoisotopic (exact) mass is 432 g/mol. The van der Waals surface area contributed by atoms with Gasteiger partial charge in [0.05, 0.1) is 23.4 Å². The number of amides is 2. The van der Waals surface area contributed by atoms with Crippen LogP contribution in [-0.4, -0.2) is 41.6 Å². The van der Waals surface area contributed by atoms with Gasteiger partial charge in [-0.1, -0.05) is 41.9 Å². The van der Waals surface area contributed by atoms with E-state index in [0.29, 0.717) is 10.7 Å². The van der Waals surface area contributed by atoms with Crippen LogP contribution in [0.2, 0.25) is 5.02 Å². The van der Waals surface area contributed by atoms with E-state index in [2.05, 4.69) is 5.32 Å². The van der Waals surface area contributed by atoms with Gasteiger partial charge in [0, 0.05) is 17.0 Å². The molecule has 1 N–H and O–H groups in total. The molecule has 2 amide bonds. The van der Waals surface area contributed by atoms with E-state index in [9.17, 15) is 14.4 Å². The fourth-order valence-corrected chi connectivity index (χ4v) is 4.13. The Hall–Kier alpha value is -2.51. The van der Waals surface area contributed by atoms with Gasteiger partial charge in [0.25, 0.3) is 5.91 Å².